The second kappa shape index (κ2) is 5.80. The van der Waals surface area contributed by atoms with Crippen LogP contribution >= 0.6 is 15.9 Å². The van der Waals surface area contributed by atoms with E-state index in [1.54, 1.807) is 18.2 Å². The van der Waals surface area contributed by atoms with Gasteiger partial charge < -0.3 is 5.11 Å². The molecule has 2 aromatic carbocycles. The number of carbonyl (C=O) groups is 1. The number of sulfonamides is 1. The van der Waals surface area contributed by atoms with Gasteiger partial charge in [0.15, 0.2) is 0 Å². The van der Waals surface area contributed by atoms with E-state index in [9.17, 15) is 13.2 Å². The lowest BCUT2D eigenvalue weighted by Crippen LogP contribution is -2.19. The Labute approximate surface area is 124 Å². The molecule has 5 nitrogen and oxygen atoms in total. The molecular formula is C13H12BrNO4S. The van der Waals surface area contributed by atoms with Crippen LogP contribution in [0.15, 0.2) is 40.9 Å². The largest absolute Gasteiger partial charge is 0.481 e. The summed E-state index contributed by atoms with van der Waals surface area (Å²) < 4.78 is 27.0. The molecule has 0 saturated heterocycles. The Morgan fingerprint density at radius 2 is 1.80 bits per heavy atom. The molecule has 106 valence electrons. The molecule has 0 aliphatic carbocycles. The minimum atomic E-state index is -3.68. The van der Waals surface area contributed by atoms with Crippen LogP contribution in [0.25, 0.3) is 10.8 Å². The van der Waals surface area contributed by atoms with Crippen molar-refractivity contribution in [1.29, 1.82) is 0 Å². The van der Waals surface area contributed by atoms with Crippen molar-refractivity contribution in [2.75, 3.05) is 10.5 Å². The topological polar surface area (TPSA) is 83.5 Å². The van der Waals surface area contributed by atoms with E-state index in [0.717, 1.165) is 15.2 Å². The summed E-state index contributed by atoms with van der Waals surface area (Å²) in [6.45, 7) is 0. The zero-order chi connectivity index (χ0) is 14.8. The van der Waals surface area contributed by atoms with Crippen LogP contribution in [0.1, 0.15) is 6.42 Å². The monoisotopic (exact) mass is 357 g/mol. The van der Waals surface area contributed by atoms with Gasteiger partial charge in [-0.05, 0) is 17.5 Å². The van der Waals surface area contributed by atoms with Crippen LogP contribution < -0.4 is 4.72 Å². The van der Waals surface area contributed by atoms with E-state index in [4.69, 9.17) is 5.11 Å². The number of fused-ring (bicyclic) bond motifs is 1. The Morgan fingerprint density at radius 3 is 2.45 bits per heavy atom. The molecule has 2 aromatic rings. The molecule has 0 heterocycles. The number of benzene rings is 2. The first-order valence-electron chi connectivity index (χ1n) is 5.78. The van der Waals surface area contributed by atoms with Gasteiger partial charge in [0.2, 0.25) is 10.0 Å². The lowest BCUT2D eigenvalue weighted by atomic mass is 10.1. The maximum atomic E-state index is 11.8. The molecule has 0 unspecified atom stereocenters. The molecule has 2 N–H and O–H groups in total. The molecular weight excluding hydrogens is 346 g/mol. The SMILES string of the molecule is O=C(O)CCS(=O)(=O)Nc1ccc(Br)c2ccccc12. The summed E-state index contributed by atoms with van der Waals surface area (Å²) in [4.78, 5) is 10.5. The number of anilines is 1. The van der Waals surface area contributed by atoms with Gasteiger partial charge in [0.25, 0.3) is 0 Å². The molecule has 0 aliphatic heterocycles. The van der Waals surface area contributed by atoms with Gasteiger partial charge >= 0.3 is 5.97 Å². The minimum absolute atomic E-state index is 0.427. The van der Waals surface area contributed by atoms with Crippen molar-refractivity contribution < 1.29 is 18.3 Å². The van der Waals surface area contributed by atoms with Crippen LogP contribution in [0.2, 0.25) is 0 Å². The zero-order valence-corrected chi connectivity index (χ0v) is 12.7. The zero-order valence-electron chi connectivity index (χ0n) is 10.3. The fourth-order valence-electron chi connectivity index (χ4n) is 1.79. The van der Waals surface area contributed by atoms with Crippen molar-refractivity contribution in [2.24, 2.45) is 0 Å². The van der Waals surface area contributed by atoms with Gasteiger partial charge in [0, 0.05) is 9.86 Å². The second-order valence-electron chi connectivity index (χ2n) is 4.21. The van der Waals surface area contributed by atoms with Crippen LogP contribution in [0.4, 0.5) is 5.69 Å². The summed E-state index contributed by atoms with van der Waals surface area (Å²) in [7, 11) is -3.68. The average Bonchev–Trinajstić information content (AvgIpc) is 2.40. The first-order chi connectivity index (χ1) is 9.39. The maximum Gasteiger partial charge on any atom is 0.304 e. The number of hydrogen-bond acceptors (Lipinski definition) is 3. The highest BCUT2D eigenvalue weighted by atomic mass is 79.9. The Morgan fingerprint density at radius 1 is 1.15 bits per heavy atom. The van der Waals surface area contributed by atoms with Crippen molar-refractivity contribution in [3.05, 3.63) is 40.9 Å². The van der Waals surface area contributed by atoms with Crippen molar-refractivity contribution in [1.82, 2.24) is 0 Å². The van der Waals surface area contributed by atoms with E-state index in [1.807, 2.05) is 18.2 Å². The first-order valence-corrected chi connectivity index (χ1v) is 8.23. The Kier molecular flexibility index (Phi) is 4.29. The molecule has 0 bridgehead atoms. The predicted octanol–water partition coefficient (Wildman–Crippen LogP) is 2.82. The van der Waals surface area contributed by atoms with E-state index >= 15 is 0 Å². The smallest absolute Gasteiger partial charge is 0.304 e. The lowest BCUT2D eigenvalue weighted by molar-refractivity contribution is -0.136. The van der Waals surface area contributed by atoms with Crippen LogP contribution in [0, 0.1) is 0 Å². The number of hydrogen-bond donors (Lipinski definition) is 2. The molecule has 0 saturated carbocycles. The standard InChI is InChI=1S/C13H12BrNO4S/c14-11-5-6-12(10-4-2-1-3-9(10)11)15-20(18,19)8-7-13(16)17/h1-6,15H,7-8H2,(H,16,17). The van der Waals surface area contributed by atoms with Crippen LogP contribution in [-0.4, -0.2) is 25.2 Å². The lowest BCUT2D eigenvalue weighted by Gasteiger charge is -2.11. The normalized spacial score (nSPS) is 11.4. The summed E-state index contributed by atoms with van der Waals surface area (Å²) in [5.41, 5.74) is 0.439. The van der Waals surface area contributed by atoms with E-state index in [0.29, 0.717) is 5.69 Å². The molecule has 20 heavy (non-hydrogen) atoms. The number of rotatable bonds is 5. The molecule has 2 rings (SSSR count). The fraction of sp³-hybridized carbons (Fsp3) is 0.154. The van der Waals surface area contributed by atoms with Gasteiger partial charge in [-0.25, -0.2) is 8.42 Å². The number of carboxylic acids is 1. The third-order valence-electron chi connectivity index (χ3n) is 2.72. The van der Waals surface area contributed by atoms with Crippen molar-refractivity contribution in [3.8, 4) is 0 Å². The number of halogens is 1. The third kappa shape index (κ3) is 3.49. The predicted molar refractivity (Wildman–Crippen MR) is 81.3 cm³/mol. The van der Waals surface area contributed by atoms with E-state index in [1.165, 1.54) is 0 Å². The van der Waals surface area contributed by atoms with E-state index in [2.05, 4.69) is 20.7 Å². The molecule has 0 radical (unpaired) electrons. The molecule has 0 aliphatic rings. The van der Waals surface area contributed by atoms with E-state index < -0.39 is 28.2 Å². The summed E-state index contributed by atoms with van der Waals surface area (Å²) in [6.07, 6.45) is -0.427. The molecule has 7 heteroatoms. The Balaban J connectivity index is 2.35. The number of aliphatic carboxylic acids is 1. The quantitative estimate of drug-likeness (QED) is 0.861. The molecule has 0 spiro atoms. The number of carboxylic acid groups (broad SMARTS) is 1. The minimum Gasteiger partial charge on any atom is -0.481 e. The summed E-state index contributed by atoms with van der Waals surface area (Å²) in [5.74, 6) is -1.59. The molecule has 0 amide bonds. The van der Waals surface area contributed by atoms with Gasteiger partial charge in [0.05, 0.1) is 17.9 Å². The number of nitrogens with one attached hydrogen (secondary N) is 1. The maximum absolute atomic E-state index is 11.8. The fourth-order valence-corrected chi connectivity index (χ4v) is 3.33. The van der Waals surface area contributed by atoms with Gasteiger partial charge in [-0.1, -0.05) is 40.2 Å². The van der Waals surface area contributed by atoms with Crippen molar-refractivity contribution >= 4 is 48.4 Å². The third-order valence-corrected chi connectivity index (χ3v) is 4.68. The highest BCUT2D eigenvalue weighted by molar-refractivity contribution is 9.10. The molecule has 0 atom stereocenters. The summed E-state index contributed by atoms with van der Waals surface area (Å²) in [6, 6.07) is 10.7. The molecule has 0 fully saturated rings. The second-order valence-corrected chi connectivity index (χ2v) is 6.90. The van der Waals surface area contributed by atoms with E-state index in [-0.39, 0.29) is 0 Å². The van der Waals surface area contributed by atoms with Crippen LogP contribution in [0.3, 0.4) is 0 Å². The van der Waals surface area contributed by atoms with Crippen molar-refractivity contribution in [2.45, 2.75) is 6.42 Å². The van der Waals surface area contributed by atoms with Crippen molar-refractivity contribution in [3.63, 3.8) is 0 Å². The molecule has 0 aromatic heterocycles. The highest BCUT2D eigenvalue weighted by Gasteiger charge is 2.14. The highest BCUT2D eigenvalue weighted by Crippen LogP contribution is 2.30. The van der Waals surface area contributed by atoms with Gasteiger partial charge in [-0.15, -0.1) is 0 Å². The van der Waals surface area contributed by atoms with Gasteiger partial charge in [-0.3, -0.25) is 9.52 Å². The summed E-state index contributed by atoms with van der Waals surface area (Å²) >= 11 is 3.41. The average molecular weight is 358 g/mol. The van der Waals surface area contributed by atoms with Gasteiger partial charge in [-0.2, -0.15) is 0 Å². The van der Waals surface area contributed by atoms with Crippen LogP contribution in [0.5, 0.6) is 0 Å². The Bertz CT molecular complexity index is 758. The Hall–Kier alpha value is -1.60. The van der Waals surface area contributed by atoms with Crippen LogP contribution in [-0.2, 0) is 14.8 Å². The summed E-state index contributed by atoms with van der Waals surface area (Å²) in [5, 5.41) is 10.2. The first kappa shape index (κ1) is 14.8. The van der Waals surface area contributed by atoms with Gasteiger partial charge in [0.1, 0.15) is 0 Å².